The molecule has 4 N–H and O–H groups in total. The van der Waals surface area contributed by atoms with Crippen molar-refractivity contribution >= 4 is 117 Å². The average Bonchev–Trinajstić information content (AvgIpc) is 3.20. The van der Waals surface area contributed by atoms with Crippen LogP contribution in [0.1, 0.15) is 0 Å². The number of aromatic amines is 1. The van der Waals surface area contributed by atoms with Crippen LogP contribution in [0.2, 0.25) is 5.28 Å². The zero-order valence-corrected chi connectivity index (χ0v) is 53.4. The Bertz CT molecular complexity index is 3940. The minimum Gasteiger partial charge on any atom is -0.870 e. The van der Waals surface area contributed by atoms with E-state index in [0.717, 1.165) is 48.5 Å². The van der Waals surface area contributed by atoms with Crippen molar-refractivity contribution in [2.75, 3.05) is 18.1 Å². The molecule has 0 spiro atoms. The predicted octanol–water partition coefficient (Wildman–Crippen LogP) is -12.8. The Kier molecular flexibility index (Phi) is 25.8. The average molecular weight is 1190 g/mol. The molecule has 73 heavy (non-hydrogen) atoms. The van der Waals surface area contributed by atoms with Crippen molar-refractivity contribution in [2.24, 2.45) is 25.4 Å². The van der Waals surface area contributed by atoms with Crippen LogP contribution in [-0.4, -0.2) is 101 Å². The Balaban J connectivity index is 0.00000533. The topological polar surface area (TPSA) is 479 Å². The maximum absolute atomic E-state index is 14.0. The molecule has 1 heterocycles. The van der Waals surface area contributed by atoms with Gasteiger partial charge in [0.2, 0.25) is 10.9 Å². The van der Waals surface area contributed by atoms with Gasteiger partial charge in [0.15, 0.2) is 9.84 Å². The Labute approximate surface area is 529 Å². The van der Waals surface area contributed by atoms with Gasteiger partial charge in [0, 0.05) is 10.9 Å². The summed E-state index contributed by atoms with van der Waals surface area (Å²) >= 11 is 6.11. The number of sulfone groups is 1. The van der Waals surface area contributed by atoms with E-state index in [0.29, 0.717) is 18.2 Å². The number of anilines is 1. The third kappa shape index (κ3) is 18.1. The fourth-order valence-electron chi connectivity index (χ4n) is 5.71. The van der Waals surface area contributed by atoms with Gasteiger partial charge in [-0.2, -0.15) is 23.5 Å². The molecule has 1 aromatic heterocycles. The van der Waals surface area contributed by atoms with Crippen molar-refractivity contribution in [3.8, 4) is 17.1 Å². The third-order valence-corrected chi connectivity index (χ3v) is 14.4. The van der Waals surface area contributed by atoms with Crippen LogP contribution in [0, 0.1) is 0 Å². The summed E-state index contributed by atoms with van der Waals surface area (Å²) in [5, 5.41) is 26.2. The molecular formula is C33H21ClN9Na5O19S6. The van der Waals surface area contributed by atoms with Gasteiger partial charge in [0.25, 0.3) is 0 Å². The first kappa shape index (κ1) is 69.7. The smallest absolute Gasteiger partial charge is 0.870 e. The molecule has 0 aliphatic rings. The molecule has 5 aromatic carbocycles. The maximum Gasteiger partial charge on any atom is 1.00 e. The number of aromatic nitrogens is 3. The van der Waals surface area contributed by atoms with E-state index >= 15 is 0 Å². The van der Waals surface area contributed by atoms with Crippen molar-refractivity contribution in [3.05, 3.63) is 89.8 Å². The first-order chi connectivity index (χ1) is 31.3. The second-order valence-electron chi connectivity index (χ2n) is 13.1. The van der Waals surface area contributed by atoms with Crippen molar-refractivity contribution in [1.29, 1.82) is 0 Å². The van der Waals surface area contributed by atoms with E-state index in [9.17, 15) is 73.8 Å². The largest absolute Gasteiger partial charge is 1.00 e. The molecule has 0 radical (unpaired) electrons. The summed E-state index contributed by atoms with van der Waals surface area (Å²) in [6, 6.07) is 11.4. The van der Waals surface area contributed by atoms with E-state index < -0.39 is 137 Å². The monoisotopic (exact) mass is 1190 g/mol. The molecule has 0 saturated carbocycles. The van der Waals surface area contributed by atoms with Gasteiger partial charge in [-0.15, -0.1) is 15.3 Å². The maximum atomic E-state index is 14.0. The first-order valence-electron chi connectivity index (χ1n) is 17.5. The SMILES string of the molecule is Nc1c(N=Nc2ccc(S(=O)(=O)[O-])cc2)c(S(=O)(=O)[O-])cc2cc(S(=O)(=O)[O-])c(N=Nc3cc(-c4nc(Cl)nc(=Nc5cccc(S(=O)(=O)CCOS(=O)(=O)O)c5)[nH]4)ccc3S(=O)(=O)[O-])c([O-])c12.[Na+].[Na+].[Na+].[Na+].[Na+]. The first-order valence-corrected chi connectivity index (χ1v) is 26.5. The van der Waals surface area contributed by atoms with Gasteiger partial charge in [-0.3, -0.25) is 4.55 Å². The minimum atomic E-state index is -5.81. The molecule has 0 fully saturated rings. The summed E-state index contributed by atoms with van der Waals surface area (Å²) in [5.74, 6) is -2.81. The van der Waals surface area contributed by atoms with Crippen molar-refractivity contribution in [1.82, 2.24) is 15.0 Å². The van der Waals surface area contributed by atoms with E-state index in [2.05, 4.69) is 44.6 Å². The number of fused-ring (bicyclic) bond motifs is 1. The summed E-state index contributed by atoms with van der Waals surface area (Å²) in [5.41, 5.74) is 0.851. The van der Waals surface area contributed by atoms with Gasteiger partial charge in [-0.25, -0.2) is 51.3 Å². The number of H-pyrrole nitrogens is 1. The zero-order chi connectivity index (χ0) is 50.4. The van der Waals surface area contributed by atoms with Crippen LogP contribution < -0.4 is 164 Å². The Hall–Kier alpha value is -1.28. The Morgan fingerprint density at radius 1 is 0.630 bits per heavy atom. The molecule has 0 saturated heterocycles. The normalized spacial score (nSPS) is 12.6. The number of rotatable bonds is 15. The fraction of sp³-hybridized carbons (Fsp3) is 0.0606. The molecule has 28 nitrogen and oxygen atoms in total. The number of azo groups is 2. The van der Waals surface area contributed by atoms with E-state index in [-0.39, 0.29) is 181 Å². The molecule has 6 aromatic rings. The third-order valence-electron chi connectivity index (χ3n) is 8.61. The van der Waals surface area contributed by atoms with Crippen LogP contribution in [-0.2, 0) is 64.9 Å². The molecule has 40 heteroatoms. The van der Waals surface area contributed by atoms with Crippen LogP contribution in [0.15, 0.2) is 129 Å². The predicted molar refractivity (Wildman–Crippen MR) is 223 cm³/mol. The van der Waals surface area contributed by atoms with E-state index in [4.69, 9.17) is 21.9 Å². The van der Waals surface area contributed by atoms with Gasteiger partial charge in [-0.05, 0) is 89.8 Å². The number of halogens is 1. The number of nitrogen functional groups attached to an aromatic ring is 1. The number of nitrogens with two attached hydrogens (primary N) is 1. The van der Waals surface area contributed by atoms with Crippen molar-refractivity contribution in [3.63, 3.8) is 0 Å². The number of benzene rings is 5. The van der Waals surface area contributed by atoms with Gasteiger partial charge >= 0.3 is 158 Å². The quantitative estimate of drug-likeness (QED) is 0.0372. The number of nitrogens with one attached hydrogen (secondary N) is 1. The van der Waals surface area contributed by atoms with Crippen molar-refractivity contribution in [2.45, 2.75) is 24.5 Å². The van der Waals surface area contributed by atoms with Gasteiger partial charge in [-0.1, -0.05) is 11.8 Å². The summed E-state index contributed by atoms with van der Waals surface area (Å²) in [6.45, 7) is -0.931. The minimum absolute atomic E-state index is 0. The molecular weight excluding hydrogens is 1170 g/mol. The van der Waals surface area contributed by atoms with Crippen LogP contribution in [0.5, 0.6) is 5.75 Å². The van der Waals surface area contributed by atoms with E-state index in [1.165, 1.54) is 12.1 Å². The van der Waals surface area contributed by atoms with Gasteiger partial charge in [0.05, 0.1) is 59.6 Å². The summed E-state index contributed by atoms with van der Waals surface area (Å²) in [4.78, 5) is 9.53. The number of hydrogen-bond acceptors (Lipinski definition) is 26. The summed E-state index contributed by atoms with van der Waals surface area (Å²) in [6.07, 6.45) is 0. The second kappa shape index (κ2) is 27.1. The van der Waals surface area contributed by atoms with Crippen LogP contribution >= 0.6 is 11.6 Å². The Morgan fingerprint density at radius 3 is 1.74 bits per heavy atom. The summed E-state index contributed by atoms with van der Waals surface area (Å²) in [7, 11) is -31.0. The van der Waals surface area contributed by atoms with Crippen LogP contribution in [0.4, 0.5) is 34.1 Å². The molecule has 6 rings (SSSR count). The zero-order valence-electron chi connectivity index (χ0n) is 37.8. The van der Waals surface area contributed by atoms with E-state index in [1.54, 1.807) is 0 Å². The Morgan fingerprint density at radius 2 is 1.19 bits per heavy atom. The second-order valence-corrected chi connectivity index (χ2v) is 22.1. The van der Waals surface area contributed by atoms with Crippen molar-refractivity contribution < 1.29 is 230 Å². The standard InChI is InChI=1S/C33H26ClN9O19S6.5Na/c34-32-37-31(38-33(39-32)36-19-2-1-3-21(15-19)63(45,46)11-10-62-68(59,60)61)16-4-9-23(65(50,51)52)22(12-16)41-43-29-25(67(56,57)58)14-17-13-24(66(53,54)55)28(27(35)26(17)30(29)44)42-40-18-5-7-20(8-6-18)64(47,48)49;;;;;/h1-9,12-15,44H,10-11,35H2,(H,47,48,49)(H,50,51,52)(H,53,54,55)(H,56,57,58)(H,59,60,61)(H,36,37,38,39);;;;;/q;5*+1/p-5. The van der Waals surface area contributed by atoms with Crippen LogP contribution in [0.3, 0.4) is 0 Å². The van der Waals surface area contributed by atoms with Gasteiger partial charge < -0.3 is 34.0 Å². The fourth-order valence-corrected chi connectivity index (χ4v) is 9.76. The summed E-state index contributed by atoms with van der Waals surface area (Å²) < 4.78 is 205. The van der Waals surface area contributed by atoms with E-state index in [1.807, 2.05) is 0 Å². The molecule has 0 aliphatic heterocycles. The molecule has 0 atom stereocenters. The number of hydrogen-bond donors (Lipinski definition) is 3. The molecule has 0 unspecified atom stereocenters. The molecule has 0 bridgehead atoms. The van der Waals surface area contributed by atoms with Gasteiger partial charge in [0.1, 0.15) is 57.7 Å². The number of nitrogens with zero attached hydrogens (tertiary/aromatic N) is 7. The molecule has 0 aliphatic carbocycles. The molecule has 0 amide bonds. The van der Waals surface area contributed by atoms with Crippen LogP contribution in [0.25, 0.3) is 22.2 Å². The molecule has 360 valence electrons.